The van der Waals surface area contributed by atoms with Crippen molar-refractivity contribution in [3.05, 3.63) is 94.5 Å². The van der Waals surface area contributed by atoms with Crippen LogP contribution >= 0.6 is 11.6 Å². The van der Waals surface area contributed by atoms with Crippen LogP contribution in [0, 0.1) is 13.8 Å². The molecule has 0 heterocycles. The van der Waals surface area contributed by atoms with E-state index >= 15 is 0 Å². The molecule has 224 valence electrons. The Kier molecular flexibility index (Phi) is 10.7. The fourth-order valence-electron chi connectivity index (χ4n) is 5.39. The first kappa shape index (κ1) is 31.6. The van der Waals surface area contributed by atoms with Gasteiger partial charge in [-0.1, -0.05) is 78.9 Å². The summed E-state index contributed by atoms with van der Waals surface area (Å²) in [5, 5.41) is 3.60. The first-order valence-electron chi connectivity index (χ1n) is 14.6. The first-order chi connectivity index (χ1) is 20.1. The maximum atomic E-state index is 14.1. The Hall–Kier alpha value is -3.36. The van der Waals surface area contributed by atoms with Gasteiger partial charge in [0.25, 0.3) is 10.0 Å². The van der Waals surface area contributed by atoms with Gasteiger partial charge < -0.3 is 10.2 Å². The number of carbonyl (C=O) groups excluding carboxylic acids is 2. The van der Waals surface area contributed by atoms with Crippen LogP contribution in [0.25, 0.3) is 0 Å². The Balaban J connectivity index is 1.66. The molecule has 1 aliphatic carbocycles. The van der Waals surface area contributed by atoms with Gasteiger partial charge in [-0.15, -0.1) is 0 Å². The minimum absolute atomic E-state index is 0.0779. The van der Waals surface area contributed by atoms with E-state index in [1.165, 1.54) is 11.3 Å². The second-order valence-corrected chi connectivity index (χ2v) is 13.4. The van der Waals surface area contributed by atoms with Gasteiger partial charge in [0.15, 0.2) is 0 Å². The second kappa shape index (κ2) is 14.2. The summed E-state index contributed by atoms with van der Waals surface area (Å²) in [4.78, 5) is 29.1. The SMILES string of the molecule is Cc1ccc(S(=O)(=O)N(CC(=O)N(CCc2ccccc2)C(C)C(=O)NC2CCCCC2)c2ccc(Cl)cc2C)cc1. The molecule has 3 aromatic carbocycles. The van der Waals surface area contributed by atoms with E-state index in [-0.39, 0.29) is 23.4 Å². The number of hydrogen-bond donors (Lipinski definition) is 1. The van der Waals surface area contributed by atoms with Gasteiger partial charge in [-0.25, -0.2) is 8.42 Å². The summed E-state index contributed by atoms with van der Waals surface area (Å²) in [5.74, 6) is -0.679. The number of rotatable bonds is 11. The van der Waals surface area contributed by atoms with E-state index in [0.29, 0.717) is 22.7 Å². The third kappa shape index (κ3) is 7.92. The first-order valence-corrected chi connectivity index (χ1v) is 16.4. The zero-order valence-electron chi connectivity index (χ0n) is 24.6. The van der Waals surface area contributed by atoms with E-state index in [2.05, 4.69) is 5.32 Å². The maximum Gasteiger partial charge on any atom is 0.264 e. The molecule has 1 saturated carbocycles. The quantitative estimate of drug-likeness (QED) is 0.286. The second-order valence-electron chi connectivity index (χ2n) is 11.1. The lowest BCUT2D eigenvalue weighted by atomic mass is 9.95. The summed E-state index contributed by atoms with van der Waals surface area (Å²) in [6.45, 7) is 5.16. The number of hydrogen-bond acceptors (Lipinski definition) is 4. The van der Waals surface area contributed by atoms with E-state index < -0.39 is 28.5 Å². The highest BCUT2D eigenvalue weighted by Gasteiger charge is 2.33. The van der Waals surface area contributed by atoms with Crippen LogP contribution in [0.15, 0.2) is 77.7 Å². The van der Waals surface area contributed by atoms with Crippen molar-refractivity contribution in [2.45, 2.75) is 76.3 Å². The maximum absolute atomic E-state index is 14.1. The lowest BCUT2D eigenvalue weighted by Gasteiger charge is -2.33. The number of anilines is 1. The third-order valence-corrected chi connectivity index (χ3v) is 9.93. The molecule has 0 aliphatic heterocycles. The normalized spacial score (nSPS) is 14.7. The largest absolute Gasteiger partial charge is 0.352 e. The van der Waals surface area contributed by atoms with Crippen molar-refractivity contribution in [1.29, 1.82) is 0 Å². The summed E-state index contributed by atoms with van der Waals surface area (Å²) in [7, 11) is -4.13. The number of carbonyl (C=O) groups is 2. The van der Waals surface area contributed by atoms with Gasteiger partial charge in [0.1, 0.15) is 12.6 Å². The van der Waals surface area contributed by atoms with Crippen LogP contribution in [0.3, 0.4) is 0 Å². The predicted molar refractivity (Wildman–Crippen MR) is 168 cm³/mol. The fourth-order valence-corrected chi connectivity index (χ4v) is 7.09. The molecule has 2 amide bonds. The van der Waals surface area contributed by atoms with Gasteiger partial charge in [0.2, 0.25) is 11.8 Å². The van der Waals surface area contributed by atoms with E-state index in [1.807, 2.05) is 37.3 Å². The molecule has 4 rings (SSSR count). The number of halogens is 1. The molecular weight excluding hydrogens is 570 g/mol. The number of nitrogens with zero attached hydrogens (tertiary/aromatic N) is 2. The van der Waals surface area contributed by atoms with Crippen molar-refractivity contribution >= 4 is 39.1 Å². The van der Waals surface area contributed by atoms with Crippen LogP contribution in [0.1, 0.15) is 55.7 Å². The van der Waals surface area contributed by atoms with Gasteiger partial charge in [0, 0.05) is 17.6 Å². The van der Waals surface area contributed by atoms with E-state index in [0.717, 1.165) is 41.1 Å². The van der Waals surface area contributed by atoms with E-state index in [9.17, 15) is 18.0 Å². The van der Waals surface area contributed by atoms with Gasteiger partial charge in [0.05, 0.1) is 10.6 Å². The molecule has 1 aliphatic rings. The molecule has 0 aromatic heterocycles. The molecule has 0 saturated heterocycles. The minimum atomic E-state index is -4.13. The van der Waals surface area contributed by atoms with E-state index in [4.69, 9.17) is 11.6 Å². The lowest BCUT2D eigenvalue weighted by Crippen LogP contribution is -2.53. The minimum Gasteiger partial charge on any atom is -0.352 e. The third-order valence-electron chi connectivity index (χ3n) is 7.92. The molecule has 1 fully saturated rings. The number of nitrogens with one attached hydrogen (secondary N) is 1. The highest BCUT2D eigenvalue weighted by molar-refractivity contribution is 7.92. The molecule has 1 atom stereocenters. The number of benzene rings is 3. The van der Waals surface area contributed by atoms with Crippen LogP contribution < -0.4 is 9.62 Å². The Morgan fingerprint density at radius 3 is 2.26 bits per heavy atom. The van der Waals surface area contributed by atoms with Crippen LogP contribution in [-0.2, 0) is 26.0 Å². The molecule has 0 spiro atoms. The molecule has 9 heteroatoms. The van der Waals surface area contributed by atoms with Crippen LogP contribution in [0.4, 0.5) is 5.69 Å². The van der Waals surface area contributed by atoms with Crippen LogP contribution in [0.2, 0.25) is 5.02 Å². The Morgan fingerprint density at radius 2 is 1.62 bits per heavy atom. The smallest absolute Gasteiger partial charge is 0.264 e. The summed E-state index contributed by atoms with van der Waals surface area (Å²) in [5.41, 5.74) is 2.91. The number of sulfonamides is 1. The van der Waals surface area contributed by atoms with Gasteiger partial charge in [-0.2, -0.15) is 0 Å². The van der Waals surface area contributed by atoms with E-state index in [1.54, 1.807) is 56.3 Å². The highest BCUT2D eigenvalue weighted by atomic mass is 35.5. The van der Waals surface area contributed by atoms with Crippen molar-refractivity contribution in [1.82, 2.24) is 10.2 Å². The van der Waals surface area contributed by atoms with Crippen molar-refractivity contribution in [3.63, 3.8) is 0 Å². The number of amides is 2. The van der Waals surface area contributed by atoms with Gasteiger partial charge in [-0.3, -0.25) is 13.9 Å². The zero-order chi connectivity index (χ0) is 30.3. The summed E-state index contributed by atoms with van der Waals surface area (Å²) in [6.07, 6.45) is 5.69. The molecule has 0 bridgehead atoms. The summed E-state index contributed by atoms with van der Waals surface area (Å²) >= 11 is 6.19. The number of aryl methyl sites for hydroxylation is 2. The van der Waals surface area contributed by atoms with Crippen LogP contribution in [0.5, 0.6) is 0 Å². The average Bonchev–Trinajstić information content (AvgIpc) is 2.97. The van der Waals surface area contributed by atoms with Crippen molar-refractivity contribution in [3.8, 4) is 0 Å². The molecule has 42 heavy (non-hydrogen) atoms. The summed E-state index contributed by atoms with van der Waals surface area (Å²) in [6, 6.07) is 20.5. The predicted octanol–water partition coefficient (Wildman–Crippen LogP) is 6.06. The monoisotopic (exact) mass is 609 g/mol. The standard InChI is InChI=1S/C33H40ClN3O4S/c1-24-14-17-30(18-15-24)42(40,41)37(31-19-16-28(34)22-25(31)2)23-32(38)36(21-20-27-10-6-4-7-11-27)26(3)33(39)35-29-12-8-5-9-13-29/h4,6-7,10-11,14-19,22,26,29H,5,8-9,12-13,20-21,23H2,1-3H3,(H,35,39). The molecule has 7 nitrogen and oxygen atoms in total. The Labute approximate surface area is 254 Å². The lowest BCUT2D eigenvalue weighted by molar-refractivity contribution is -0.139. The molecule has 1 N–H and O–H groups in total. The van der Waals surface area contributed by atoms with Crippen molar-refractivity contribution in [2.75, 3.05) is 17.4 Å². The average molecular weight is 610 g/mol. The highest BCUT2D eigenvalue weighted by Crippen LogP contribution is 2.29. The van der Waals surface area contributed by atoms with Gasteiger partial charge in [-0.05, 0) is 81.5 Å². The molecule has 0 radical (unpaired) electrons. The molecule has 1 unspecified atom stereocenters. The summed E-state index contributed by atoms with van der Waals surface area (Å²) < 4.78 is 29.2. The zero-order valence-corrected chi connectivity index (χ0v) is 26.1. The molecule has 3 aromatic rings. The van der Waals surface area contributed by atoms with Crippen molar-refractivity contribution < 1.29 is 18.0 Å². The molecular formula is C33H40ClN3O4S. The fraction of sp³-hybridized carbons (Fsp3) is 0.394. The Morgan fingerprint density at radius 1 is 0.952 bits per heavy atom. The van der Waals surface area contributed by atoms with Crippen molar-refractivity contribution in [2.24, 2.45) is 0 Å². The van der Waals surface area contributed by atoms with Crippen LogP contribution in [-0.4, -0.2) is 50.3 Å². The topological polar surface area (TPSA) is 86.8 Å². The Bertz CT molecular complexity index is 1470. The van der Waals surface area contributed by atoms with Gasteiger partial charge >= 0.3 is 0 Å².